The van der Waals surface area contributed by atoms with E-state index in [9.17, 15) is 4.79 Å². The molecule has 0 unspecified atom stereocenters. The minimum Gasteiger partial charge on any atom is -0.267 e. The third-order valence-corrected chi connectivity index (χ3v) is 4.49. The van der Waals surface area contributed by atoms with Gasteiger partial charge >= 0.3 is 0 Å². The smallest absolute Gasteiger partial charge is 0.267 e. The lowest BCUT2D eigenvalue weighted by atomic mass is 10.1. The molecular formula is C17H11BrCl2N2O. The number of anilines is 1. The molecule has 2 aromatic rings. The van der Waals surface area contributed by atoms with E-state index in [2.05, 4.69) is 21.0 Å². The Kier molecular flexibility index (Phi) is 4.57. The Bertz CT molecular complexity index is 844. The Morgan fingerprint density at radius 2 is 1.83 bits per heavy atom. The fourth-order valence-corrected chi connectivity index (χ4v) is 2.94. The molecule has 0 bridgehead atoms. The molecule has 0 fully saturated rings. The minimum absolute atomic E-state index is 0.184. The van der Waals surface area contributed by atoms with E-state index >= 15 is 0 Å². The van der Waals surface area contributed by atoms with Crippen LogP contribution in [0, 0.1) is 0 Å². The van der Waals surface area contributed by atoms with E-state index in [4.69, 9.17) is 23.2 Å². The summed E-state index contributed by atoms with van der Waals surface area (Å²) in [6.45, 7) is 1.80. The average Bonchev–Trinajstić information content (AvgIpc) is 2.78. The van der Waals surface area contributed by atoms with Gasteiger partial charge in [0.05, 0.1) is 17.0 Å². The monoisotopic (exact) mass is 408 g/mol. The van der Waals surface area contributed by atoms with Crippen LogP contribution in [0.15, 0.2) is 57.6 Å². The van der Waals surface area contributed by atoms with Crippen molar-refractivity contribution in [3.63, 3.8) is 0 Å². The van der Waals surface area contributed by atoms with Crippen LogP contribution in [0.4, 0.5) is 5.69 Å². The molecule has 1 aliphatic rings. The molecule has 0 atom stereocenters. The van der Waals surface area contributed by atoms with Gasteiger partial charge in [0.25, 0.3) is 5.91 Å². The summed E-state index contributed by atoms with van der Waals surface area (Å²) in [5.74, 6) is -0.184. The van der Waals surface area contributed by atoms with Crippen LogP contribution in [-0.2, 0) is 4.79 Å². The maximum Gasteiger partial charge on any atom is 0.280 e. The van der Waals surface area contributed by atoms with Gasteiger partial charge in [-0.1, -0.05) is 45.2 Å². The Labute approximate surface area is 152 Å². The second-order valence-electron chi connectivity index (χ2n) is 5.00. The van der Waals surface area contributed by atoms with Crippen LogP contribution < -0.4 is 5.01 Å². The van der Waals surface area contributed by atoms with Crippen molar-refractivity contribution in [2.75, 3.05) is 5.01 Å². The standard InChI is InChI=1S/C17H11BrCl2N2O/c1-10-15(8-11-2-5-13(19)9-16(11)20)17(23)22(21-10)14-6-3-12(18)4-7-14/h2-9H,1H3/b15-8+. The first kappa shape index (κ1) is 16.2. The minimum atomic E-state index is -0.184. The van der Waals surface area contributed by atoms with Gasteiger partial charge in [0.15, 0.2) is 0 Å². The van der Waals surface area contributed by atoms with Crippen LogP contribution in [0.1, 0.15) is 12.5 Å². The fraction of sp³-hybridized carbons (Fsp3) is 0.0588. The Hall–Kier alpha value is -1.62. The highest BCUT2D eigenvalue weighted by atomic mass is 79.9. The number of amides is 1. The first-order chi connectivity index (χ1) is 11.0. The summed E-state index contributed by atoms with van der Waals surface area (Å²) in [6.07, 6.45) is 1.73. The molecule has 116 valence electrons. The quantitative estimate of drug-likeness (QED) is 0.597. The lowest BCUT2D eigenvalue weighted by molar-refractivity contribution is -0.114. The molecule has 6 heteroatoms. The molecule has 0 spiro atoms. The van der Waals surface area contributed by atoms with Gasteiger partial charge in [0.2, 0.25) is 0 Å². The number of halogens is 3. The molecule has 0 aromatic heterocycles. The predicted molar refractivity (Wildman–Crippen MR) is 99.2 cm³/mol. The molecule has 3 rings (SSSR count). The lowest BCUT2D eigenvalue weighted by Crippen LogP contribution is -2.21. The summed E-state index contributed by atoms with van der Waals surface area (Å²) in [7, 11) is 0. The van der Waals surface area contributed by atoms with E-state index in [0.29, 0.717) is 27.0 Å². The van der Waals surface area contributed by atoms with E-state index in [-0.39, 0.29) is 5.91 Å². The summed E-state index contributed by atoms with van der Waals surface area (Å²) in [5.41, 5.74) is 2.59. The average molecular weight is 410 g/mol. The molecule has 0 saturated heterocycles. The van der Waals surface area contributed by atoms with Crippen molar-refractivity contribution in [1.82, 2.24) is 0 Å². The number of benzene rings is 2. The molecule has 0 N–H and O–H groups in total. The first-order valence-corrected chi connectivity index (χ1v) is 8.33. The molecule has 1 aliphatic heterocycles. The lowest BCUT2D eigenvalue weighted by Gasteiger charge is -2.11. The molecular weight excluding hydrogens is 399 g/mol. The topological polar surface area (TPSA) is 32.7 Å². The number of hydrazone groups is 1. The number of carbonyl (C=O) groups excluding carboxylic acids is 1. The third kappa shape index (κ3) is 3.34. The summed E-state index contributed by atoms with van der Waals surface area (Å²) in [5, 5.41) is 6.77. The van der Waals surface area contributed by atoms with Crippen molar-refractivity contribution >= 4 is 62.5 Å². The van der Waals surface area contributed by atoms with Crippen LogP contribution in [0.3, 0.4) is 0 Å². The summed E-state index contributed by atoms with van der Waals surface area (Å²) >= 11 is 15.4. The van der Waals surface area contributed by atoms with Gasteiger partial charge in [-0.05, 0) is 55.0 Å². The molecule has 0 aliphatic carbocycles. The van der Waals surface area contributed by atoms with Crippen LogP contribution in [0.25, 0.3) is 6.08 Å². The van der Waals surface area contributed by atoms with Gasteiger partial charge in [-0.25, -0.2) is 0 Å². The highest BCUT2D eigenvalue weighted by Crippen LogP contribution is 2.28. The summed E-state index contributed by atoms with van der Waals surface area (Å²) < 4.78 is 0.942. The van der Waals surface area contributed by atoms with Gasteiger partial charge < -0.3 is 0 Å². The SMILES string of the molecule is CC1=NN(c2ccc(Br)cc2)C(=O)/C1=C/c1ccc(Cl)cc1Cl. The van der Waals surface area contributed by atoms with Crippen molar-refractivity contribution in [3.05, 3.63) is 68.1 Å². The summed E-state index contributed by atoms with van der Waals surface area (Å²) in [4.78, 5) is 12.6. The largest absolute Gasteiger partial charge is 0.280 e. The second kappa shape index (κ2) is 6.48. The van der Waals surface area contributed by atoms with Crippen molar-refractivity contribution in [2.24, 2.45) is 5.10 Å². The summed E-state index contributed by atoms with van der Waals surface area (Å²) in [6, 6.07) is 12.6. The molecule has 0 saturated carbocycles. The Morgan fingerprint density at radius 3 is 2.48 bits per heavy atom. The highest BCUT2D eigenvalue weighted by Gasteiger charge is 2.28. The number of hydrogen-bond donors (Lipinski definition) is 0. The zero-order valence-electron chi connectivity index (χ0n) is 12.1. The van der Waals surface area contributed by atoms with E-state index in [0.717, 1.165) is 10.0 Å². The highest BCUT2D eigenvalue weighted by molar-refractivity contribution is 9.10. The molecule has 1 amide bonds. The van der Waals surface area contributed by atoms with Crippen molar-refractivity contribution in [2.45, 2.75) is 6.92 Å². The van der Waals surface area contributed by atoms with Gasteiger partial charge in [-0.3, -0.25) is 4.79 Å². The van der Waals surface area contributed by atoms with E-state index < -0.39 is 0 Å². The van der Waals surface area contributed by atoms with E-state index in [1.165, 1.54) is 5.01 Å². The fourth-order valence-electron chi connectivity index (χ4n) is 2.22. The third-order valence-electron chi connectivity index (χ3n) is 3.40. The number of rotatable bonds is 2. The molecule has 1 heterocycles. The van der Waals surface area contributed by atoms with Gasteiger partial charge in [0, 0.05) is 14.5 Å². The van der Waals surface area contributed by atoms with Gasteiger partial charge in [-0.15, -0.1) is 0 Å². The van der Waals surface area contributed by atoms with Crippen molar-refractivity contribution < 1.29 is 4.79 Å². The second-order valence-corrected chi connectivity index (χ2v) is 6.76. The predicted octanol–water partition coefficient (Wildman–Crippen LogP) is 5.56. The molecule has 3 nitrogen and oxygen atoms in total. The van der Waals surface area contributed by atoms with Crippen molar-refractivity contribution in [3.8, 4) is 0 Å². The number of carbonyl (C=O) groups is 1. The van der Waals surface area contributed by atoms with Gasteiger partial charge in [-0.2, -0.15) is 10.1 Å². The van der Waals surface area contributed by atoms with Crippen LogP contribution >= 0.6 is 39.1 Å². The molecule has 2 aromatic carbocycles. The molecule has 23 heavy (non-hydrogen) atoms. The zero-order valence-corrected chi connectivity index (χ0v) is 15.2. The first-order valence-electron chi connectivity index (χ1n) is 6.78. The van der Waals surface area contributed by atoms with Crippen LogP contribution in [0.5, 0.6) is 0 Å². The normalized spacial score (nSPS) is 16.2. The number of nitrogens with zero attached hydrogens (tertiary/aromatic N) is 2. The Balaban J connectivity index is 1.96. The molecule has 0 radical (unpaired) electrons. The van der Waals surface area contributed by atoms with Crippen LogP contribution in [-0.4, -0.2) is 11.6 Å². The van der Waals surface area contributed by atoms with E-state index in [1.807, 2.05) is 24.3 Å². The zero-order chi connectivity index (χ0) is 16.6. The van der Waals surface area contributed by atoms with E-state index in [1.54, 1.807) is 31.2 Å². The number of hydrogen-bond acceptors (Lipinski definition) is 2. The van der Waals surface area contributed by atoms with Crippen LogP contribution in [0.2, 0.25) is 10.0 Å². The maximum atomic E-state index is 12.6. The Morgan fingerprint density at radius 1 is 1.13 bits per heavy atom. The van der Waals surface area contributed by atoms with Gasteiger partial charge in [0.1, 0.15) is 0 Å². The van der Waals surface area contributed by atoms with Crippen molar-refractivity contribution in [1.29, 1.82) is 0 Å². The maximum absolute atomic E-state index is 12.6.